The lowest BCUT2D eigenvalue weighted by Crippen LogP contribution is -2.48. The Labute approximate surface area is 140 Å². The first-order valence-electron chi connectivity index (χ1n) is 6.83. The summed E-state index contributed by atoms with van der Waals surface area (Å²) >= 11 is 5.63. The van der Waals surface area contributed by atoms with Crippen molar-refractivity contribution in [2.45, 2.75) is 17.4 Å². The molecule has 0 aliphatic rings. The summed E-state index contributed by atoms with van der Waals surface area (Å²) in [6, 6.07) is 4.41. The van der Waals surface area contributed by atoms with Gasteiger partial charge in [-0.15, -0.1) is 11.6 Å². The van der Waals surface area contributed by atoms with Crippen molar-refractivity contribution >= 4 is 27.6 Å². The molecule has 0 amide bonds. The van der Waals surface area contributed by atoms with Crippen LogP contribution < -0.4 is 4.74 Å². The summed E-state index contributed by atoms with van der Waals surface area (Å²) in [5.74, 6) is -0.115. The number of alkyl halides is 1. The van der Waals surface area contributed by atoms with E-state index in [1.54, 1.807) is 0 Å². The molecule has 23 heavy (non-hydrogen) atoms. The van der Waals surface area contributed by atoms with Crippen LogP contribution in [0.2, 0.25) is 0 Å². The fourth-order valence-electron chi connectivity index (χ4n) is 1.96. The first kappa shape index (κ1) is 19.7. The maximum Gasteiger partial charge on any atom is 0.326 e. The number of nitrogens with zero attached hydrogens (tertiary/aromatic N) is 1. The zero-order valence-corrected chi connectivity index (χ0v) is 14.5. The molecule has 1 N–H and O–H groups in total. The Morgan fingerprint density at radius 2 is 1.91 bits per heavy atom. The molecule has 0 saturated carbocycles. The fraction of sp³-hybridized carbons (Fsp3) is 0.500. The predicted molar refractivity (Wildman–Crippen MR) is 85.1 cm³/mol. The molecule has 0 aromatic heterocycles. The average molecular weight is 366 g/mol. The van der Waals surface area contributed by atoms with Gasteiger partial charge in [0, 0.05) is 12.4 Å². The Kier molecular flexibility index (Phi) is 7.77. The van der Waals surface area contributed by atoms with E-state index in [2.05, 4.69) is 4.74 Å². The highest BCUT2D eigenvalue weighted by Crippen LogP contribution is 2.22. The summed E-state index contributed by atoms with van der Waals surface area (Å²) in [5, 5.41) is 9.43. The van der Waals surface area contributed by atoms with Gasteiger partial charge < -0.3 is 14.6 Å². The Morgan fingerprint density at radius 1 is 1.30 bits per heavy atom. The van der Waals surface area contributed by atoms with Gasteiger partial charge in [-0.05, 0) is 30.7 Å². The van der Waals surface area contributed by atoms with Gasteiger partial charge >= 0.3 is 5.97 Å². The zero-order chi connectivity index (χ0) is 17.5. The molecular formula is C14H20ClNO6S. The van der Waals surface area contributed by atoms with Crippen LogP contribution in [0.3, 0.4) is 0 Å². The van der Waals surface area contributed by atoms with Crippen molar-refractivity contribution in [1.82, 2.24) is 4.31 Å². The van der Waals surface area contributed by atoms with E-state index in [9.17, 15) is 18.3 Å². The lowest BCUT2D eigenvalue weighted by molar-refractivity contribution is -0.146. The van der Waals surface area contributed by atoms with E-state index < -0.39 is 28.6 Å². The lowest BCUT2D eigenvalue weighted by Gasteiger charge is -2.27. The Hall–Kier alpha value is -1.35. The second-order valence-corrected chi connectivity index (χ2v) is 6.82. The third-order valence-corrected chi connectivity index (χ3v) is 5.36. The molecule has 0 spiro atoms. The van der Waals surface area contributed by atoms with Crippen LogP contribution in [0.5, 0.6) is 5.75 Å². The smallest absolute Gasteiger partial charge is 0.326 e. The number of rotatable bonds is 9. The van der Waals surface area contributed by atoms with Crippen molar-refractivity contribution in [3.63, 3.8) is 0 Å². The molecule has 7 nitrogen and oxygen atoms in total. The number of sulfonamides is 1. The van der Waals surface area contributed by atoms with E-state index in [0.29, 0.717) is 12.2 Å². The Morgan fingerprint density at radius 3 is 2.35 bits per heavy atom. The first-order chi connectivity index (χ1) is 10.9. The third kappa shape index (κ3) is 4.81. The van der Waals surface area contributed by atoms with Gasteiger partial charge in [0.1, 0.15) is 11.8 Å². The van der Waals surface area contributed by atoms with E-state index in [1.165, 1.54) is 31.4 Å². The van der Waals surface area contributed by atoms with E-state index in [1.807, 2.05) is 0 Å². The normalized spacial score (nSPS) is 12.9. The topological polar surface area (TPSA) is 93.1 Å². The molecule has 0 saturated heterocycles. The maximum absolute atomic E-state index is 12.8. The van der Waals surface area contributed by atoms with Crippen molar-refractivity contribution in [3.8, 4) is 5.75 Å². The van der Waals surface area contributed by atoms with Gasteiger partial charge in [-0.25, -0.2) is 8.42 Å². The largest absolute Gasteiger partial charge is 0.497 e. The molecular weight excluding hydrogens is 346 g/mol. The molecule has 0 aliphatic heterocycles. The number of hydrogen-bond acceptors (Lipinski definition) is 6. The number of hydrogen-bond donors (Lipinski definition) is 1. The molecule has 1 aromatic rings. The van der Waals surface area contributed by atoms with Gasteiger partial charge in [0.25, 0.3) is 0 Å². The second-order valence-electron chi connectivity index (χ2n) is 4.56. The van der Waals surface area contributed by atoms with E-state index in [4.69, 9.17) is 16.3 Å². The van der Waals surface area contributed by atoms with E-state index >= 15 is 0 Å². The number of esters is 1. The number of halogens is 1. The van der Waals surface area contributed by atoms with Gasteiger partial charge in [-0.3, -0.25) is 4.79 Å². The molecule has 0 aliphatic carbocycles. The molecule has 1 rings (SSSR count). The third-order valence-electron chi connectivity index (χ3n) is 3.17. The van der Waals surface area contributed by atoms with Crippen molar-refractivity contribution < 1.29 is 27.8 Å². The van der Waals surface area contributed by atoms with Crippen LogP contribution in [0.25, 0.3) is 0 Å². The minimum absolute atomic E-state index is 0.0157. The fourth-order valence-corrected chi connectivity index (χ4v) is 3.69. The highest BCUT2D eigenvalue weighted by atomic mass is 35.5. The van der Waals surface area contributed by atoms with Crippen LogP contribution in [-0.2, 0) is 19.6 Å². The summed E-state index contributed by atoms with van der Waals surface area (Å²) in [4.78, 5) is 11.8. The van der Waals surface area contributed by atoms with Gasteiger partial charge in [-0.1, -0.05) is 0 Å². The van der Waals surface area contributed by atoms with Crippen molar-refractivity contribution in [2.24, 2.45) is 0 Å². The van der Waals surface area contributed by atoms with Crippen molar-refractivity contribution in [2.75, 3.05) is 33.3 Å². The van der Waals surface area contributed by atoms with E-state index in [-0.39, 0.29) is 17.3 Å². The molecule has 1 atom stereocenters. The Bertz CT molecular complexity index is 604. The number of ether oxygens (including phenoxy) is 2. The number of benzene rings is 1. The maximum atomic E-state index is 12.8. The first-order valence-corrected chi connectivity index (χ1v) is 8.80. The van der Waals surface area contributed by atoms with Crippen LogP contribution >= 0.6 is 11.6 Å². The SMILES string of the molecule is COC(=O)C(CO)N(CCCCl)S(=O)(=O)c1ccc(OC)cc1. The molecule has 1 aromatic carbocycles. The molecule has 0 heterocycles. The van der Waals surface area contributed by atoms with Crippen molar-refractivity contribution in [3.05, 3.63) is 24.3 Å². The molecule has 130 valence electrons. The molecule has 0 bridgehead atoms. The standard InChI is InChI=1S/C14H20ClNO6S/c1-21-11-4-6-12(7-5-11)23(19,20)16(9-3-8-15)13(10-17)14(18)22-2/h4-7,13,17H,3,8-10H2,1-2H3. The summed E-state index contributed by atoms with van der Waals surface area (Å²) in [7, 11) is -1.41. The van der Waals surface area contributed by atoms with Gasteiger partial charge in [0.2, 0.25) is 10.0 Å². The van der Waals surface area contributed by atoms with Crippen LogP contribution in [0.15, 0.2) is 29.2 Å². The highest BCUT2D eigenvalue weighted by molar-refractivity contribution is 7.89. The van der Waals surface area contributed by atoms with Crippen LogP contribution in [0, 0.1) is 0 Å². The number of aliphatic hydroxyl groups is 1. The van der Waals surface area contributed by atoms with E-state index in [0.717, 1.165) is 11.4 Å². The number of carbonyl (C=O) groups excluding carboxylic acids is 1. The zero-order valence-electron chi connectivity index (χ0n) is 12.9. The average Bonchev–Trinajstić information content (AvgIpc) is 2.57. The van der Waals surface area contributed by atoms with Gasteiger partial charge in [0.05, 0.1) is 25.7 Å². The number of carbonyl (C=O) groups is 1. The summed E-state index contributed by atoms with van der Waals surface area (Å²) in [6.07, 6.45) is 0.324. The molecule has 1 unspecified atom stereocenters. The van der Waals surface area contributed by atoms with Gasteiger partial charge in [-0.2, -0.15) is 4.31 Å². The highest BCUT2D eigenvalue weighted by Gasteiger charge is 2.35. The second kappa shape index (κ2) is 9.07. The molecule has 0 fully saturated rings. The summed E-state index contributed by atoms with van der Waals surface area (Å²) in [5.41, 5.74) is 0. The number of aliphatic hydroxyl groups excluding tert-OH is 1. The van der Waals surface area contributed by atoms with Crippen LogP contribution in [0.1, 0.15) is 6.42 Å². The monoisotopic (exact) mass is 365 g/mol. The van der Waals surface area contributed by atoms with Crippen LogP contribution in [0.4, 0.5) is 0 Å². The minimum atomic E-state index is -4.01. The Balaban J connectivity index is 3.23. The predicted octanol–water partition coefficient (Wildman–Crippen LogP) is 0.849. The van der Waals surface area contributed by atoms with Crippen LogP contribution in [-0.4, -0.2) is 63.1 Å². The lowest BCUT2D eigenvalue weighted by atomic mass is 10.3. The molecule has 9 heteroatoms. The minimum Gasteiger partial charge on any atom is -0.497 e. The summed E-state index contributed by atoms with van der Waals surface area (Å²) < 4.78 is 36.0. The quantitative estimate of drug-likeness (QED) is 0.515. The van der Waals surface area contributed by atoms with Crippen molar-refractivity contribution in [1.29, 1.82) is 0 Å². The van der Waals surface area contributed by atoms with Gasteiger partial charge in [0.15, 0.2) is 0 Å². The summed E-state index contributed by atoms with van der Waals surface area (Å²) in [6.45, 7) is -0.706. The number of methoxy groups -OCH3 is 2. The molecule has 0 radical (unpaired) electrons.